The number of amides is 1. The Hall–Kier alpha value is -1.67. The quantitative estimate of drug-likeness (QED) is 0.476. The molecule has 0 saturated carbocycles. The van der Waals surface area contributed by atoms with Crippen LogP contribution >= 0.6 is 11.8 Å². The molecule has 0 aliphatic carbocycles. The summed E-state index contributed by atoms with van der Waals surface area (Å²) in [6.45, 7) is 1.68. The molecule has 0 heterocycles. The average molecular weight is 304 g/mol. The van der Waals surface area contributed by atoms with Crippen molar-refractivity contribution >= 4 is 29.3 Å². The summed E-state index contributed by atoms with van der Waals surface area (Å²) in [6.07, 6.45) is 0. The number of nitrogens with two attached hydrogens (primary N) is 1. The van der Waals surface area contributed by atoms with Gasteiger partial charge < -0.3 is 15.8 Å². The van der Waals surface area contributed by atoms with E-state index in [0.29, 0.717) is 11.8 Å². The maximum atomic E-state index is 12.4. The summed E-state index contributed by atoms with van der Waals surface area (Å²) >= 11 is 0.292. The second kappa shape index (κ2) is 7.81. The number of anilines is 1. The van der Waals surface area contributed by atoms with Crippen molar-refractivity contribution in [3.8, 4) is 0 Å². The number of rotatable bonds is 6. The molecule has 0 saturated heterocycles. The van der Waals surface area contributed by atoms with Gasteiger partial charge in [-0.2, -0.15) is 8.78 Å². The van der Waals surface area contributed by atoms with Gasteiger partial charge in [-0.05, 0) is 19.1 Å². The largest absolute Gasteiger partial charge is 0.464 e. The molecule has 0 bridgehead atoms. The molecule has 0 spiro atoms. The molecule has 8 heteroatoms. The Balaban J connectivity index is 2.77. The number of hydrogen-bond acceptors (Lipinski definition) is 5. The van der Waals surface area contributed by atoms with Crippen molar-refractivity contribution in [3.63, 3.8) is 0 Å². The molecule has 0 radical (unpaired) electrons. The topological polar surface area (TPSA) is 81.4 Å². The second-order valence-electron chi connectivity index (χ2n) is 3.59. The predicted octanol–water partition coefficient (Wildman–Crippen LogP) is 1.83. The van der Waals surface area contributed by atoms with Gasteiger partial charge in [-0.1, -0.05) is 23.9 Å². The van der Waals surface area contributed by atoms with Crippen molar-refractivity contribution in [1.29, 1.82) is 0 Å². The Labute approximate surface area is 118 Å². The normalized spacial score (nSPS) is 12.1. The van der Waals surface area contributed by atoms with Crippen LogP contribution in [-0.2, 0) is 14.3 Å². The molecule has 0 aliphatic heterocycles. The smallest absolute Gasteiger partial charge is 0.332 e. The number of ether oxygens (including phenoxy) is 1. The van der Waals surface area contributed by atoms with Gasteiger partial charge in [0, 0.05) is 4.90 Å². The number of carbonyl (C=O) groups excluding carboxylic acids is 2. The van der Waals surface area contributed by atoms with Gasteiger partial charge in [-0.15, -0.1) is 0 Å². The third-order valence-corrected chi connectivity index (χ3v) is 2.97. The van der Waals surface area contributed by atoms with E-state index in [4.69, 9.17) is 5.73 Å². The van der Waals surface area contributed by atoms with Crippen LogP contribution in [0.1, 0.15) is 6.92 Å². The first kappa shape index (κ1) is 16.4. The predicted molar refractivity (Wildman–Crippen MR) is 71.5 cm³/mol. The van der Waals surface area contributed by atoms with Crippen molar-refractivity contribution < 1.29 is 23.1 Å². The average Bonchev–Trinajstić information content (AvgIpc) is 2.39. The Morgan fingerprint density at radius 3 is 2.65 bits per heavy atom. The number of para-hydroxylation sites is 1. The Morgan fingerprint density at radius 2 is 2.05 bits per heavy atom. The van der Waals surface area contributed by atoms with Gasteiger partial charge in [-0.25, -0.2) is 4.79 Å². The zero-order valence-corrected chi connectivity index (χ0v) is 11.5. The lowest BCUT2D eigenvalue weighted by molar-refractivity contribution is -0.146. The monoisotopic (exact) mass is 304 g/mol. The standard InChI is InChI=1S/C12H14F2N2O3S/c1-2-19-11(18)9(15)10(17)16-7-5-3-4-6-8(7)20-12(13)14/h3-6,9,12H,2,15H2,1H3,(H,16,17). The fourth-order valence-corrected chi connectivity index (χ4v) is 1.91. The fraction of sp³-hybridized carbons (Fsp3) is 0.333. The molecule has 1 aromatic rings. The fourth-order valence-electron chi connectivity index (χ4n) is 1.32. The Morgan fingerprint density at radius 1 is 1.40 bits per heavy atom. The van der Waals surface area contributed by atoms with Crippen LogP contribution in [0.2, 0.25) is 0 Å². The maximum absolute atomic E-state index is 12.4. The number of carbonyl (C=O) groups is 2. The molecule has 1 aromatic carbocycles. The first-order valence-corrected chi connectivity index (χ1v) is 6.60. The van der Waals surface area contributed by atoms with Crippen molar-refractivity contribution in [2.75, 3.05) is 11.9 Å². The molecule has 1 rings (SSSR count). The zero-order chi connectivity index (χ0) is 15.1. The van der Waals surface area contributed by atoms with Crippen molar-refractivity contribution in [2.45, 2.75) is 23.6 Å². The van der Waals surface area contributed by atoms with Gasteiger partial charge in [0.25, 0.3) is 11.7 Å². The van der Waals surface area contributed by atoms with E-state index in [-0.39, 0.29) is 17.2 Å². The van der Waals surface area contributed by atoms with E-state index >= 15 is 0 Å². The van der Waals surface area contributed by atoms with E-state index in [0.717, 1.165) is 0 Å². The second-order valence-corrected chi connectivity index (χ2v) is 4.63. The van der Waals surface area contributed by atoms with E-state index < -0.39 is 23.7 Å². The summed E-state index contributed by atoms with van der Waals surface area (Å²) in [6, 6.07) is 4.51. The lowest BCUT2D eigenvalue weighted by Gasteiger charge is -2.13. The van der Waals surface area contributed by atoms with Crippen LogP contribution in [0.15, 0.2) is 29.2 Å². The minimum absolute atomic E-state index is 0.0949. The molecule has 1 amide bonds. The van der Waals surface area contributed by atoms with Gasteiger partial charge in [0.1, 0.15) is 0 Å². The van der Waals surface area contributed by atoms with Crippen LogP contribution in [0.25, 0.3) is 0 Å². The number of halogens is 2. The summed E-state index contributed by atoms with van der Waals surface area (Å²) in [5.41, 5.74) is 5.57. The highest BCUT2D eigenvalue weighted by atomic mass is 32.2. The van der Waals surface area contributed by atoms with Crippen LogP contribution in [0.5, 0.6) is 0 Å². The van der Waals surface area contributed by atoms with Crippen molar-refractivity contribution in [1.82, 2.24) is 0 Å². The molecule has 0 aromatic heterocycles. The highest BCUT2D eigenvalue weighted by Gasteiger charge is 2.24. The molecule has 1 atom stereocenters. The van der Waals surface area contributed by atoms with Gasteiger partial charge >= 0.3 is 5.97 Å². The third kappa shape index (κ3) is 4.78. The summed E-state index contributed by atoms with van der Waals surface area (Å²) in [4.78, 5) is 23.2. The van der Waals surface area contributed by atoms with Gasteiger partial charge in [0.15, 0.2) is 6.04 Å². The highest BCUT2D eigenvalue weighted by molar-refractivity contribution is 7.99. The van der Waals surface area contributed by atoms with Crippen LogP contribution in [0.4, 0.5) is 14.5 Å². The first-order chi connectivity index (χ1) is 9.45. The van der Waals surface area contributed by atoms with Gasteiger partial charge in [-0.3, -0.25) is 4.79 Å². The number of benzene rings is 1. The third-order valence-electron chi connectivity index (χ3n) is 2.18. The molecule has 5 nitrogen and oxygen atoms in total. The minimum Gasteiger partial charge on any atom is -0.464 e. The van der Waals surface area contributed by atoms with Crippen molar-refractivity contribution in [2.24, 2.45) is 5.73 Å². The SMILES string of the molecule is CCOC(=O)C(N)C(=O)Nc1ccccc1SC(F)F. The molecular weight excluding hydrogens is 290 g/mol. The van der Waals surface area contributed by atoms with E-state index in [9.17, 15) is 18.4 Å². The molecule has 110 valence electrons. The van der Waals surface area contributed by atoms with E-state index in [1.807, 2.05) is 0 Å². The molecule has 0 fully saturated rings. The van der Waals surface area contributed by atoms with Crippen LogP contribution in [0.3, 0.4) is 0 Å². The molecule has 3 N–H and O–H groups in total. The van der Waals surface area contributed by atoms with Gasteiger partial charge in [0.05, 0.1) is 12.3 Å². The van der Waals surface area contributed by atoms with E-state index in [1.165, 1.54) is 12.1 Å². The van der Waals surface area contributed by atoms with Crippen LogP contribution < -0.4 is 11.1 Å². The van der Waals surface area contributed by atoms with Crippen LogP contribution in [-0.4, -0.2) is 30.3 Å². The van der Waals surface area contributed by atoms with Crippen molar-refractivity contribution in [3.05, 3.63) is 24.3 Å². The number of esters is 1. The Kier molecular flexibility index (Phi) is 6.40. The summed E-state index contributed by atoms with van der Waals surface area (Å²) in [7, 11) is 0. The lowest BCUT2D eigenvalue weighted by atomic mass is 10.2. The Bertz CT molecular complexity index is 486. The van der Waals surface area contributed by atoms with E-state index in [2.05, 4.69) is 10.1 Å². The van der Waals surface area contributed by atoms with E-state index in [1.54, 1.807) is 19.1 Å². The molecule has 20 heavy (non-hydrogen) atoms. The zero-order valence-electron chi connectivity index (χ0n) is 10.6. The number of alkyl halides is 2. The number of nitrogens with one attached hydrogen (secondary N) is 1. The minimum atomic E-state index is -2.62. The molecular formula is C12H14F2N2O3S. The summed E-state index contributed by atoms with van der Waals surface area (Å²) in [5.74, 6) is -4.30. The molecule has 1 unspecified atom stereocenters. The maximum Gasteiger partial charge on any atom is 0.332 e. The number of thioether (sulfide) groups is 1. The highest BCUT2D eigenvalue weighted by Crippen LogP contribution is 2.31. The first-order valence-electron chi connectivity index (χ1n) is 5.72. The lowest BCUT2D eigenvalue weighted by Crippen LogP contribution is -2.43. The molecule has 0 aliphatic rings. The number of hydrogen-bond donors (Lipinski definition) is 2. The summed E-state index contributed by atoms with van der Waals surface area (Å²) in [5, 5.41) is 2.34. The van der Waals surface area contributed by atoms with Gasteiger partial charge in [0.2, 0.25) is 0 Å². The van der Waals surface area contributed by atoms with Crippen LogP contribution in [0, 0.1) is 0 Å². The summed E-state index contributed by atoms with van der Waals surface area (Å²) < 4.78 is 29.4.